The molecular weight excluding hydrogens is 410 g/mol. The molecule has 1 aliphatic rings. The fourth-order valence-electron chi connectivity index (χ4n) is 3.45. The largest absolute Gasteiger partial charge is 0.465 e. The molecule has 29 heavy (non-hydrogen) atoms. The summed E-state index contributed by atoms with van der Waals surface area (Å²) in [7, 11) is -2.09. The molecule has 3 rings (SSSR count). The lowest BCUT2D eigenvalue weighted by Crippen LogP contribution is -2.16. The van der Waals surface area contributed by atoms with Gasteiger partial charge >= 0.3 is 5.97 Å². The molecule has 2 aromatic rings. The van der Waals surface area contributed by atoms with Crippen LogP contribution in [0.5, 0.6) is 0 Å². The molecule has 0 radical (unpaired) electrons. The third-order valence-corrected chi connectivity index (χ3v) is 8.03. The normalized spacial score (nSPS) is 13.6. The molecule has 156 valence electrons. The number of rotatable bonds is 7. The van der Waals surface area contributed by atoms with Crippen molar-refractivity contribution >= 4 is 38.1 Å². The number of carbonyl (C=O) groups excluding carboxylic acids is 2. The van der Waals surface area contributed by atoms with Crippen molar-refractivity contribution in [1.29, 1.82) is 0 Å². The molecule has 0 aliphatic heterocycles. The molecule has 1 aliphatic carbocycles. The molecule has 1 aromatic heterocycles. The van der Waals surface area contributed by atoms with Crippen molar-refractivity contribution in [3.05, 3.63) is 45.8 Å². The van der Waals surface area contributed by atoms with E-state index < -0.39 is 15.8 Å². The van der Waals surface area contributed by atoms with Gasteiger partial charge in [0.05, 0.1) is 23.3 Å². The maximum absolute atomic E-state index is 12.4. The van der Waals surface area contributed by atoms with Gasteiger partial charge in [-0.2, -0.15) is 0 Å². The van der Waals surface area contributed by atoms with Crippen molar-refractivity contribution < 1.29 is 22.7 Å². The Bertz CT molecular complexity index is 1010. The Hall–Kier alpha value is -2.19. The summed E-state index contributed by atoms with van der Waals surface area (Å²) in [4.78, 5) is 26.0. The van der Waals surface area contributed by atoms with E-state index in [2.05, 4.69) is 5.32 Å². The van der Waals surface area contributed by atoms with Crippen LogP contribution in [0.15, 0.2) is 29.2 Å². The van der Waals surface area contributed by atoms with Crippen LogP contribution < -0.4 is 5.32 Å². The molecule has 0 atom stereocenters. The summed E-state index contributed by atoms with van der Waals surface area (Å²) in [6.07, 6.45) is 4.06. The number of benzene rings is 1. The third kappa shape index (κ3) is 5.05. The maximum atomic E-state index is 12.4. The summed E-state index contributed by atoms with van der Waals surface area (Å²) >= 11 is 1.42. The molecule has 0 fully saturated rings. The van der Waals surface area contributed by atoms with Gasteiger partial charge in [-0.05, 0) is 56.7 Å². The molecule has 0 saturated heterocycles. The van der Waals surface area contributed by atoms with Crippen molar-refractivity contribution in [2.24, 2.45) is 0 Å². The van der Waals surface area contributed by atoms with Crippen LogP contribution in [0.1, 0.15) is 52.0 Å². The van der Waals surface area contributed by atoms with Crippen LogP contribution >= 0.6 is 11.3 Å². The van der Waals surface area contributed by atoms with E-state index in [1.165, 1.54) is 18.4 Å². The maximum Gasteiger partial charge on any atom is 0.341 e. The lowest BCUT2D eigenvalue weighted by Gasteiger charge is -2.11. The van der Waals surface area contributed by atoms with Gasteiger partial charge in [-0.15, -0.1) is 11.3 Å². The lowest BCUT2D eigenvalue weighted by molar-refractivity contribution is -0.116. The Balaban J connectivity index is 1.63. The number of fused-ring (bicyclic) bond motifs is 1. The first kappa shape index (κ1) is 21.5. The monoisotopic (exact) mass is 435 g/mol. The molecule has 0 bridgehead atoms. The Morgan fingerprint density at radius 3 is 2.52 bits per heavy atom. The van der Waals surface area contributed by atoms with Crippen LogP contribution in [-0.4, -0.2) is 33.2 Å². The molecule has 0 unspecified atom stereocenters. The van der Waals surface area contributed by atoms with Crippen LogP contribution in [0.4, 0.5) is 5.00 Å². The summed E-state index contributed by atoms with van der Waals surface area (Å²) in [6, 6.07) is 6.69. The number of sulfone groups is 1. The quantitative estimate of drug-likeness (QED) is 0.666. The second kappa shape index (κ2) is 9.09. The van der Waals surface area contributed by atoms with Gasteiger partial charge in [0, 0.05) is 11.3 Å². The van der Waals surface area contributed by atoms with E-state index in [9.17, 15) is 18.0 Å². The molecule has 1 N–H and O–H groups in total. The molecule has 1 amide bonds. The van der Waals surface area contributed by atoms with Gasteiger partial charge in [-0.25, -0.2) is 13.2 Å². The number of hydrogen-bond donors (Lipinski definition) is 1. The van der Waals surface area contributed by atoms with Gasteiger partial charge in [0.15, 0.2) is 9.84 Å². The molecular formula is C21H25NO5S2. The van der Waals surface area contributed by atoms with E-state index in [0.29, 0.717) is 10.6 Å². The summed E-state index contributed by atoms with van der Waals surface area (Å²) in [5, 5.41) is 3.31. The average Bonchev–Trinajstić information content (AvgIpc) is 3.05. The van der Waals surface area contributed by atoms with Crippen LogP contribution in [0, 0.1) is 6.92 Å². The SMILES string of the molecule is COC(=O)c1c(NC(=O)CCCS(=O)(=O)c2ccc(C)cc2)sc2c1CCCC2. The predicted molar refractivity (Wildman–Crippen MR) is 113 cm³/mol. The van der Waals surface area contributed by atoms with Gasteiger partial charge in [0.2, 0.25) is 5.91 Å². The van der Waals surface area contributed by atoms with Crippen LogP contribution in [0.3, 0.4) is 0 Å². The second-order valence-corrected chi connectivity index (χ2v) is 10.4. The number of aryl methyl sites for hydroxylation is 2. The highest BCUT2D eigenvalue weighted by Gasteiger charge is 2.27. The van der Waals surface area contributed by atoms with Gasteiger partial charge in [0.1, 0.15) is 5.00 Å². The molecule has 0 spiro atoms. The standard InChI is InChI=1S/C21H25NO5S2/c1-14-9-11-15(12-10-14)29(25,26)13-5-8-18(23)22-20-19(21(24)27-2)16-6-3-4-7-17(16)28-20/h9-12H,3-8,13H2,1-2H3,(H,22,23). The Morgan fingerprint density at radius 1 is 1.14 bits per heavy atom. The van der Waals surface area contributed by atoms with Crippen molar-refractivity contribution in [3.8, 4) is 0 Å². The molecule has 8 heteroatoms. The first-order valence-corrected chi connectivity index (χ1v) is 12.1. The van der Waals surface area contributed by atoms with Gasteiger partial charge < -0.3 is 10.1 Å². The summed E-state index contributed by atoms with van der Waals surface area (Å²) < 4.78 is 29.7. The minimum atomic E-state index is -3.42. The number of nitrogens with one attached hydrogen (secondary N) is 1. The van der Waals surface area contributed by atoms with Gasteiger partial charge in [-0.1, -0.05) is 17.7 Å². The second-order valence-electron chi connectivity index (χ2n) is 7.19. The third-order valence-electron chi connectivity index (χ3n) is 5.01. The zero-order chi connectivity index (χ0) is 21.0. The molecule has 1 aromatic carbocycles. The number of ether oxygens (including phenoxy) is 1. The number of esters is 1. The van der Waals surface area contributed by atoms with Crippen LogP contribution in [0.25, 0.3) is 0 Å². The highest BCUT2D eigenvalue weighted by molar-refractivity contribution is 7.91. The summed E-state index contributed by atoms with van der Waals surface area (Å²) in [5.41, 5.74) is 2.42. The Morgan fingerprint density at radius 2 is 1.83 bits per heavy atom. The topological polar surface area (TPSA) is 89.5 Å². The number of methoxy groups -OCH3 is 1. The molecule has 0 saturated carbocycles. The molecule has 1 heterocycles. The first-order chi connectivity index (χ1) is 13.8. The first-order valence-electron chi connectivity index (χ1n) is 9.64. The summed E-state index contributed by atoms with van der Waals surface area (Å²) in [6.45, 7) is 1.89. The molecule has 6 nitrogen and oxygen atoms in total. The van der Waals surface area contributed by atoms with E-state index >= 15 is 0 Å². The van der Waals surface area contributed by atoms with E-state index in [0.717, 1.165) is 41.7 Å². The number of amides is 1. The van der Waals surface area contributed by atoms with E-state index in [4.69, 9.17) is 4.74 Å². The number of anilines is 1. The minimum Gasteiger partial charge on any atom is -0.465 e. The Labute approximate surface area is 175 Å². The van der Waals surface area contributed by atoms with E-state index in [1.54, 1.807) is 24.3 Å². The van der Waals surface area contributed by atoms with Gasteiger partial charge in [0.25, 0.3) is 0 Å². The Kier molecular flexibility index (Phi) is 6.74. The smallest absolute Gasteiger partial charge is 0.341 e. The number of carbonyl (C=O) groups is 2. The van der Waals surface area contributed by atoms with E-state index in [-0.39, 0.29) is 29.4 Å². The highest BCUT2D eigenvalue weighted by Crippen LogP contribution is 2.38. The average molecular weight is 436 g/mol. The van der Waals surface area contributed by atoms with Gasteiger partial charge in [-0.3, -0.25) is 4.79 Å². The number of thiophene rings is 1. The fraction of sp³-hybridized carbons (Fsp3) is 0.429. The fourth-order valence-corrected chi connectivity index (χ4v) is 6.05. The lowest BCUT2D eigenvalue weighted by atomic mass is 9.95. The predicted octanol–water partition coefficient (Wildman–Crippen LogP) is 3.91. The zero-order valence-electron chi connectivity index (χ0n) is 16.6. The zero-order valence-corrected chi connectivity index (χ0v) is 18.2. The number of hydrogen-bond acceptors (Lipinski definition) is 6. The highest BCUT2D eigenvalue weighted by atomic mass is 32.2. The van der Waals surface area contributed by atoms with Crippen molar-refractivity contribution in [1.82, 2.24) is 0 Å². The minimum absolute atomic E-state index is 0.0638. The van der Waals surface area contributed by atoms with Crippen LogP contribution in [0.2, 0.25) is 0 Å². The summed E-state index contributed by atoms with van der Waals surface area (Å²) in [5.74, 6) is -0.844. The van der Waals surface area contributed by atoms with E-state index in [1.807, 2.05) is 6.92 Å². The van der Waals surface area contributed by atoms with Crippen molar-refractivity contribution in [3.63, 3.8) is 0 Å². The van der Waals surface area contributed by atoms with Crippen LogP contribution in [-0.2, 0) is 32.2 Å². The van der Waals surface area contributed by atoms with Crippen molar-refractivity contribution in [2.75, 3.05) is 18.2 Å². The van der Waals surface area contributed by atoms with Crippen molar-refractivity contribution in [2.45, 2.75) is 50.3 Å².